The molecule has 1 N–H and O–H groups in total. The van der Waals surface area contributed by atoms with Crippen molar-refractivity contribution in [3.63, 3.8) is 0 Å². The summed E-state index contributed by atoms with van der Waals surface area (Å²) < 4.78 is 5.60. The van der Waals surface area contributed by atoms with Gasteiger partial charge in [0.2, 0.25) is 0 Å². The van der Waals surface area contributed by atoms with Gasteiger partial charge in [0.15, 0.2) is 0 Å². The van der Waals surface area contributed by atoms with Crippen molar-refractivity contribution in [3.05, 3.63) is 65.2 Å². The second kappa shape index (κ2) is 7.84. The van der Waals surface area contributed by atoms with Crippen molar-refractivity contribution in [2.45, 2.75) is 39.8 Å². The molecular formula is C19H25NO. The molecule has 2 rings (SSSR count). The van der Waals surface area contributed by atoms with Gasteiger partial charge in [0.1, 0.15) is 5.75 Å². The highest BCUT2D eigenvalue weighted by atomic mass is 16.5. The minimum absolute atomic E-state index is 0.349. The number of benzene rings is 2. The second-order valence-corrected chi connectivity index (χ2v) is 5.45. The van der Waals surface area contributed by atoms with Crippen molar-refractivity contribution in [2.75, 3.05) is 6.61 Å². The zero-order valence-corrected chi connectivity index (χ0v) is 13.2. The summed E-state index contributed by atoms with van der Waals surface area (Å²) in [5.74, 6) is 0.951. The molecule has 0 spiro atoms. The molecule has 112 valence electrons. The first-order valence-corrected chi connectivity index (χ1v) is 7.71. The smallest absolute Gasteiger partial charge is 0.119 e. The first-order chi connectivity index (χ1) is 10.2. The third-order valence-corrected chi connectivity index (χ3v) is 3.66. The van der Waals surface area contributed by atoms with Gasteiger partial charge in [-0.05, 0) is 49.1 Å². The summed E-state index contributed by atoms with van der Waals surface area (Å²) in [6, 6.07) is 17.2. The van der Waals surface area contributed by atoms with Gasteiger partial charge in [-0.2, -0.15) is 0 Å². The minimum Gasteiger partial charge on any atom is -0.494 e. The Labute approximate surface area is 128 Å². The Balaban J connectivity index is 1.89. The van der Waals surface area contributed by atoms with E-state index in [1.54, 1.807) is 0 Å². The summed E-state index contributed by atoms with van der Waals surface area (Å²) in [4.78, 5) is 0. The quantitative estimate of drug-likeness (QED) is 0.799. The Hall–Kier alpha value is -1.80. The van der Waals surface area contributed by atoms with Crippen molar-refractivity contribution in [1.82, 2.24) is 5.32 Å². The number of nitrogens with one attached hydrogen (secondary N) is 1. The highest BCUT2D eigenvalue weighted by molar-refractivity contribution is 5.29. The fourth-order valence-corrected chi connectivity index (χ4v) is 2.38. The van der Waals surface area contributed by atoms with Crippen LogP contribution in [0.25, 0.3) is 0 Å². The second-order valence-electron chi connectivity index (χ2n) is 5.45. The van der Waals surface area contributed by atoms with Crippen LogP contribution < -0.4 is 10.1 Å². The van der Waals surface area contributed by atoms with Crippen molar-refractivity contribution in [3.8, 4) is 5.75 Å². The van der Waals surface area contributed by atoms with Gasteiger partial charge in [0, 0.05) is 12.6 Å². The molecular weight excluding hydrogens is 258 g/mol. The Kier molecular flexibility index (Phi) is 5.82. The molecule has 1 atom stereocenters. The van der Waals surface area contributed by atoms with E-state index in [-0.39, 0.29) is 0 Å². The van der Waals surface area contributed by atoms with Crippen LogP contribution in [0.4, 0.5) is 0 Å². The molecule has 0 heterocycles. The molecule has 0 saturated heterocycles. The summed E-state index contributed by atoms with van der Waals surface area (Å²) in [6.07, 6.45) is 1.04. The Morgan fingerprint density at radius 1 is 1.05 bits per heavy atom. The molecule has 21 heavy (non-hydrogen) atoms. The maximum absolute atomic E-state index is 5.60. The van der Waals surface area contributed by atoms with Gasteiger partial charge in [-0.15, -0.1) is 0 Å². The molecule has 0 aliphatic rings. The summed E-state index contributed by atoms with van der Waals surface area (Å²) in [7, 11) is 0. The predicted octanol–water partition coefficient (Wildman–Crippen LogP) is 4.63. The zero-order valence-electron chi connectivity index (χ0n) is 13.2. The van der Waals surface area contributed by atoms with Gasteiger partial charge in [0.25, 0.3) is 0 Å². The van der Waals surface area contributed by atoms with Crippen LogP contribution >= 0.6 is 0 Å². The SMILES string of the molecule is CCCOc1ccc(CNC(C)c2ccccc2C)cc1. The van der Waals surface area contributed by atoms with Crippen molar-refractivity contribution < 1.29 is 4.74 Å². The van der Waals surface area contributed by atoms with E-state index in [0.717, 1.165) is 25.3 Å². The van der Waals surface area contributed by atoms with E-state index in [2.05, 4.69) is 62.5 Å². The van der Waals surface area contributed by atoms with Crippen molar-refractivity contribution in [2.24, 2.45) is 0 Å². The van der Waals surface area contributed by atoms with Crippen molar-refractivity contribution >= 4 is 0 Å². The summed E-state index contributed by atoms with van der Waals surface area (Å²) in [5.41, 5.74) is 3.97. The van der Waals surface area contributed by atoms with E-state index in [4.69, 9.17) is 4.74 Å². The molecule has 2 nitrogen and oxygen atoms in total. The third-order valence-electron chi connectivity index (χ3n) is 3.66. The molecule has 1 unspecified atom stereocenters. The molecule has 0 aliphatic carbocycles. The number of aryl methyl sites for hydroxylation is 1. The van der Waals surface area contributed by atoms with Gasteiger partial charge in [0.05, 0.1) is 6.61 Å². The van der Waals surface area contributed by atoms with Crippen LogP contribution in [0.5, 0.6) is 5.75 Å². The summed E-state index contributed by atoms with van der Waals surface area (Å²) >= 11 is 0. The van der Waals surface area contributed by atoms with Crippen LogP contribution in [0, 0.1) is 6.92 Å². The fourth-order valence-electron chi connectivity index (χ4n) is 2.38. The van der Waals surface area contributed by atoms with Crippen molar-refractivity contribution in [1.29, 1.82) is 0 Å². The van der Waals surface area contributed by atoms with Gasteiger partial charge >= 0.3 is 0 Å². The monoisotopic (exact) mass is 283 g/mol. The lowest BCUT2D eigenvalue weighted by atomic mass is 10.0. The standard InChI is InChI=1S/C19H25NO/c1-4-13-21-18-11-9-17(10-12-18)14-20-16(3)19-8-6-5-7-15(19)2/h5-12,16,20H,4,13-14H2,1-3H3. The van der Waals surface area contributed by atoms with E-state index in [9.17, 15) is 0 Å². The van der Waals surface area contributed by atoms with Gasteiger partial charge in [-0.3, -0.25) is 0 Å². The Morgan fingerprint density at radius 3 is 2.43 bits per heavy atom. The van der Waals surface area contributed by atoms with Crippen LogP contribution in [0.2, 0.25) is 0 Å². The normalized spacial score (nSPS) is 12.1. The maximum Gasteiger partial charge on any atom is 0.119 e. The lowest BCUT2D eigenvalue weighted by molar-refractivity contribution is 0.317. The van der Waals surface area contributed by atoms with E-state index in [0.29, 0.717) is 6.04 Å². The van der Waals surface area contributed by atoms with E-state index >= 15 is 0 Å². The largest absolute Gasteiger partial charge is 0.494 e. The average Bonchev–Trinajstić information content (AvgIpc) is 2.52. The van der Waals surface area contributed by atoms with E-state index in [1.165, 1.54) is 16.7 Å². The molecule has 2 heteroatoms. The lowest BCUT2D eigenvalue weighted by Gasteiger charge is -2.16. The molecule has 2 aromatic rings. The molecule has 0 aromatic heterocycles. The minimum atomic E-state index is 0.349. The first-order valence-electron chi connectivity index (χ1n) is 7.71. The fraction of sp³-hybridized carbons (Fsp3) is 0.368. The van der Waals surface area contributed by atoms with Gasteiger partial charge < -0.3 is 10.1 Å². The molecule has 0 aliphatic heterocycles. The number of hydrogen-bond donors (Lipinski definition) is 1. The molecule has 0 amide bonds. The zero-order chi connectivity index (χ0) is 15.1. The van der Waals surface area contributed by atoms with Crippen LogP contribution in [0.15, 0.2) is 48.5 Å². The Bertz CT molecular complexity index is 548. The maximum atomic E-state index is 5.60. The molecule has 0 saturated carbocycles. The highest BCUT2D eigenvalue weighted by Gasteiger charge is 2.07. The van der Waals surface area contributed by atoms with Crippen LogP contribution in [0.1, 0.15) is 43.0 Å². The first kappa shape index (κ1) is 15.6. The van der Waals surface area contributed by atoms with Gasteiger partial charge in [-0.1, -0.05) is 43.3 Å². The third kappa shape index (κ3) is 4.61. The summed E-state index contributed by atoms with van der Waals surface area (Å²) in [6.45, 7) is 8.13. The topological polar surface area (TPSA) is 21.3 Å². The van der Waals surface area contributed by atoms with Crippen LogP contribution in [-0.4, -0.2) is 6.61 Å². The number of rotatable bonds is 7. The Morgan fingerprint density at radius 2 is 1.76 bits per heavy atom. The molecule has 2 aromatic carbocycles. The van der Waals surface area contributed by atoms with E-state index < -0.39 is 0 Å². The summed E-state index contributed by atoms with van der Waals surface area (Å²) in [5, 5.41) is 3.58. The van der Waals surface area contributed by atoms with Crippen LogP contribution in [0.3, 0.4) is 0 Å². The number of hydrogen-bond acceptors (Lipinski definition) is 2. The van der Waals surface area contributed by atoms with Gasteiger partial charge in [-0.25, -0.2) is 0 Å². The lowest BCUT2D eigenvalue weighted by Crippen LogP contribution is -2.18. The average molecular weight is 283 g/mol. The van der Waals surface area contributed by atoms with Crippen LogP contribution in [-0.2, 0) is 6.54 Å². The van der Waals surface area contributed by atoms with E-state index in [1.807, 2.05) is 12.1 Å². The molecule has 0 fully saturated rings. The number of ether oxygens (including phenoxy) is 1. The molecule has 0 bridgehead atoms. The highest BCUT2D eigenvalue weighted by Crippen LogP contribution is 2.18. The predicted molar refractivity (Wildman–Crippen MR) is 88.7 cm³/mol. The molecule has 0 radical (unpaired) electrons.